The summed E-state index contributed by atoms with van der Waals surface area (Å²) in [4.78, 5) is 34.3. The fraction of sp³-hybridized carbons (Fsp3) is 0.308. The van der Waals surface area contributed by atoms with Crippen molar-refractivity contribution in [2.24, 2.45) is 17.2 Å². The first-order chi connectivity index (χ1) is 8.90. The summed E-state index contributed by atoms with van der Waals surface area (Å²) in [5.41, 5.74) is 16.4. The number of carbonyl (C=O) groups excluding carboxylic acids is 3. The molecule has 0 bridgehead atoms. The molecule has 0 aliphatic carbocycles. The molecule has 0 spiro atoms. The lowest BCUT2D eigenvalue weighted by molar-refractivity contribution is 0.0964. The van der Waals surface area contributed by atoms with Gasteiger partial charge in [0, 0.05) is 5.56 Å². The van der Waals surface area contributed by atoms with Crippen LogP contribution in [0.25, 0.3) is 0 Å². The fourth-order valence-electron chi connectivity index (χ4n) is 1.98. The minimum atomic E-state index is -0.789. The SMILES string of the molecule is CCCCc1c(C(N)=O)ccc(C(N)=O)c1C(N)=O. The molecule has 0 atom stereocenters. The lowest BCUT2D eigenvalue weighted by atomic mass is 9.91. The molecule has 0 radical (unpaired) electrons. The van der Waals surface area contributed by atoms with E-state index in [-0.39, 0.29) is 16.7 Å². The zero-order chi connectivity index (χ0) is 14.6. The maximum atomic E-state index is 11.5. The summed E-state index contributed by atoms with van der Waals surface area (Å²) in [6, 6.07) is 2.71. The zero-order valence-corrected chi connectivity index (χ0v) is 10.7. The van der Waals surface area contributed by atoms with Gasteiger partial charge in [-0.1, -0.05) is 13.3 Å². The summed E-state index contributed by atoms with van der Waals surface area (Å²) in [7, 11) is 0. The summed E-state index contributed by atoms with van der Waals surface area (Å²) in [5.74, 6) is -2.21. The number of amides is 3. The third kappa shape index (κ3) is 3.09. The standard InChI is InChI=1S/C13H17N3O3/c1-2-3-4-7-8(11(14)17)5-6-9(12(15)18)10(7)13(16)19/h5-6H,2-4H2,1H3,(H2,14,17)(H2,15,18)(H2,16,19). The predicted octanol–water partition coefficient (Wildman–Crippen LogP) is 0.326. The van der Waals surface area contributed by atoms with Crippen LogP contribution in [0.1, 0.15) is 56.4 Å². The minimum Gasteiger partial charge on any atom is -0.366 e. The summed E-state index contributed by atoms with van der Waals surface area (Å²) in [6.07, 6.45) is 2.04. The first-order valence-corrected chi connectivity index (χ1v) is 5.95. The van der Waals surface area contributed by atoms with E-state index in [1.54, 1.807) is 0 Å². The number of primary amides is 3. The molecular formula is C13H17N3O3. The number of rotatable bonds is 6. The van der Waals surface area contributed by atoms with Gasteiger partial charge in [-0.05, 0) is 30.5 Å². The Bertz CT molecular complexity index is 538. The van der Waals surface area contributed by atoms with Crippen LogP contribution in [0.5, 0.6) is 0 Å². The van der Waals surface area contributed by atoms with Gasteiger partial charge >= 0.3 is 0 Å². The van der Waals surface area contributed by atoms with Crippen molar-refractivity contribution in [2.45, 2.75) is 26.2 Å². The van der Waals surface area contributed by atoms with Crippen molar-refractivity contribution in [1.82, 2.24) is 0 Å². The molecule has 1 rings (SSSR count). The highest BCUT2D eigenvalue weighted by Gasteiger charge is 2.22. The van der Waals surface area contributed by atoms with E-state index in [0.717, 1.165) is 12.8 Å². The highest BCUT2D eigenvalue weighted by atomic mass is 16.2. The van der Waals surface area contributed by atoms with E-state index in [4.69, 9.17) is 17.2 Å². The van der Waals surface area contributed by atoms with Crippen LogP contribution >= 0.6 is 0 Å². The second-order valence-corrected chi connectivity index (χ2v) is 4.21. The Morgan fingerprint density at radius 3 is 1.89 bits per heavy atom. The lowest BCUT2D eigenvalue weighted by Crippen LogP contribution is -2.25. The smallest absolute Gasteiger partial charge is 0.249 e. The molecule has 0 saturated carbocycles. The van der Waals surface area contributed by atoms with Crippen LogP contribution in [0.2, 0.25) is 0 Å². The van der Waals surface area contributed by atoms with Crippen molar-refractivity contribution < 1.29 is 14.4 Å². The maximum Gasteiger partial charge on any atom is 0.249 e. The van der Waals surface area contributed by atoms with Gasteiger partial charge in [-0.15, -0.1) is 0 Å². The molecule has 102 valence electrons. The summed E-state index contributed by atoms with van der Waals surface area (Å²) < 4.78 is 0. The molecule has 0 fully saturated rings. The number of benzene rings is 1. The molecule has 3 amide bonds. The van der Waals surface area contributed by atoms with Crippen LogP contribution in [0.4, 0.5) is 0 Å². The van der Waals surface area contributed by atoms with Gasteiger partial charge in [0.1, 0.15) is 0 Å². The number of hydrogen-bond acceptors (Lipinski definition) is 3. The van der Waals surface area contributed by atoms with Gasteiger partial charge in [0.05, 0.1) is 11.1 Å². The van der Waals surface area contributed by atoms with E-state index < -0.39 is 17.7 Å². The van der Waals surface area contributed by atoms with Gasteiger partial charge in [-0.25, -0.2) is 0 Å². The van der Waals surface area contributed by atoms with Crippen LogP contribution in [0.3, 0.4) is 0 Å². The van der Waals surface area contributed by atoms with Crippen LogP contribution < -0.4 is 17.2 Å². The summed E-state index contributed by atoms with van der Waals surface area (Å²) >= 11 is 0. The topological polar surface area (TPSA) is 129 Å². The molecule has 0 aliphatic heterocycles. The Kier molecular flexibility index (Phi) is 4.63. The average Bonchev–Trinajstić information content (AvgIpc) is 2.34. The van der Waals surface area contributed by atoms with Crippen LogP contribution in [-0.2, 0) is 6.42 Å². The molecule has 0 heterocycles. The summed E-state index contributed by atoms with van der Waals surface area (Å²) in [5, 5.41) is 0. The number of hydrogen-bond donors (Lipinski definition) is 3. The van der Waals surface area contributed by atoms with Gasteiger partial charge in [-0.3, -0.25) is 14.4 Å². The van der Waals surface area contributed by atoms with E-state index >= 15 is 0 Å². The molecule has 6 heteroatoms. The van der Waals surface area contributed by atoms with Gasteiger partial charge in [0.25, 0.3) is 0 Å². The maximum absolute atomic E-state index is 11.5. The fourth-order valence-corrected chi connectivity index (χ4v) is 1.98. The molecule has 0 unspecified atom stereocenters. The Balaban J connectivity index is 3.56. The Morgan fingerprint density at radius 2 is 1.47 bits per heavy atom. The first kappa shape index (κ1) is 14.7. The molecule has 0 aromatic heterocycles. The highest BCUT2D eigenvalue weighted by Crippen LogP contribution is 2.21. The normalized spacial score (nSPS) is 10.2. The van der Waals surface area contributed by atoms with Gasteiger partial charge in [0.15, 0.2) is 0 Å². The highest BCUT2D eigenvalue weighted by molar-refractivity contribution is 6.09. The van der Waals surface area contributed by atoms with E-state index in [2.05, 4.69) is 0 Å². The molecule has 0 saturated heterocycles. The van der Waals surface area contributed by atoms with E-state index in [0.29, 0.717) is 12.0 Å². The van der Waals surface area contributed by atoms with E-state index in [1.807, 2.05) is 6.92 Å². The Hall–Kier alpha value is -2.37. The third-order valence-electron chi connectivity index (χ3n) is 2.87. The molecule has 1 aromatic rings. The minimum absolute atomic E-state index is 0.00255. The average molecular weight is 263 g/mol. The second kappa shape index (κ2) is 5.99. The van der Waals surface area contributed by atoms with Crippen LogP contribution in [0, 0.1) is 0 Å². The molecule has 0 aliphatic rings. The van der Waals surface area contributed by atoms with Crippen molar-refractivity contribution in [1.29, 1.82) is 0 Å². The number of unbranched alkanes of at least 4 members (excludes halogenated alkanes) is 1. The van der Waals surface area contributed by atoms with Crippen molar-refractivity contribution in [3.05, 3.63) is 34.4 Å². The van der Waals surface area contributed by atoms with E-state index in [1.165, 1.54) is 12.1 Å². The zero-order valence-electron chi connectivity index (χ0n) is 10.7. The predicted molar refractivity (Wildman–Crippen MR) is 70.6 cm³/mol. The number of carbonyl (C=O) groups is 3. The van der Waals surface area contributed by atoms with Crippen LogP contribution in [0.15, 0.2) is 12.1 Å². The molecular weight excluding hydrogens is 246 g/mol. The van der Waals surface area contributed by atoms with Gasteiger partial charge < -0.3 is 17.2 Å². The Labute approximate surface area is 110 Å². The Morgan fingerprint density at radius 1 is 0.947 bits per heavy atom. The monoisotopic (exact) mass is 263 g/mol. The third-order valence-corrected chi connectivity index (χ3v) is 2.87. The molecule has 6 nitrogen and oxygen atoms in total. The quantitative estimate of drug-likeness (QED) is 0.683. The largest absolute Gasteiger partial charge is 0.366 e. The van der Waals surface area contributed by atoms with Crippen molar-refractivity contribution in [2.75, 3.05) is 0 Å². The molecule has 1 aromatic carbocycles. The van der Waals surface area contributed by atoms with Gasteiger partial charge in [0.2, 0.25) is 17.7 Å². The lowest BCUT2D eigenvalue weighted by Gasteiger charge is -2.13. The van der Waals surface area contributed by atoms with Crippen LogP contribution in [-0.4, -0.2) is 17.7 Å². The van der Waals surface area contributed by atoms with Gasteiger partial charge in [-0.2, -0.15) is 0 Å². The van der Waals surface area contributed by atoms with Crippen molar-refractivity contribution >= 4 is 17.7 Å². The van der Waals surface area contributed by atoms with Crippen molar-refractivity contribution in [3.8, 4) is 0 Å². The van der Waals surface area contributed by atoms with E-state index in [9.17, 15) is 14.4 Å². The summed E-state index contributed by atoms with van der Waals surface area (Å²) in [6.45, 7) is 1.96. The second-order valence-electron chi connectivity index (χ2n) is 4.21. The molecule has 19 heavy (non-hydrogen) atoms. The first-order valence-electron chi connectivity index (χ1n) is 5.95. The van der Waals surface area contributed by atoms with Crippen molar-refractivity contribution in [3.63, 3.8) is 0 Å². The molecule has 6 N–H and O–H groups in total. The number of nitrogens with two attached hydrogens (primary N) is 3.